The van der Waals surface area contributed by atoms with Crippen molar-refractivity contribution in [3.05, 3.63) is 11.1 Å². The van der Waals surface area contributed by atoms with E-state index in [1.807, 2.05) is 0 Å². The highest BCUT2D eigenvalue weighted by atomic mass is 16.2. The molecular weight excluding hydrogens is 218 g/mol. The van der Waals surface area contributed by atoms with Crippen LogP contribution in [0.4, 0.5) is 0 Å². The first kappa shape index (κ1) is 12.1. The zero-order chi connectivity index (χ0) is 12.4. The van der Waals surface area contributed by atoms with Crippen LogP contribution in [0.15, 0.2) is 11.1 Å². The van der Waals surface area contributed by atoms with Gasteiger partial charge in [0.05, 0.1) is 0 Å². The van der Waals surface area contributed by atoms with Gasteiger partial charge in [0.25, 0.3) is 0 Å². The standard InChI is InChI=1S/C12H19N3O2/c1-7(9-5-13-6-9)11(16)14-8(2)12(17)15-10-3-4-10/h8,10,13H,3-6H2,1-2H3,(H,14,16)(H,15,17). The molecule has 17 heavy (non-hydrogen) atoms. The highest BCUT2D eigenvalue weighted by molar-refractivity contribution is 5.97. The first-order chi connectivity index (χ1) is 8.08. The Balaban J connectivity index is 1.82. The molecular formula is C12H19N3O2. The maximum atomic E-state index is 11.8. The maximum absolute atomic E-state index is 11.8. The van der Waals surface area contributed by atoms with Crippen LogP contribution in [0.2, 0.25) is 0 Å². The summed E-state index contributed by atoms with van der Waals surface area (Å²) in [6.07, 6.45) is 2.11. The summed E-state index contributed by atoms with van der Waals surface area (Å²) in [6.45, 7) is 5.08. The Labute approximate surface area is 101 Å². The molecule has 1 atom stereocenters. The first-order valence-corrected chi connectivity index (χ1v) is 6.08. The van der Waals surface area contributed by atoms with E-state index in [0.29, 0.717) is 6.04 Å². The lowest BCUT2D eigenvalue weighted by Gasteiger charge is -2.22. The highest BCUT2D eigenvalue weighted by Gasteiger charge is 2.26. The SMILES string of the molecule is CC(C(=O)NC(C)C(=O)NC1CC1)=C1CNC1. The van der Waals surface area contributed by atoms with Gasteiger partial charge in [-0.25, -0.2) is 0 Å². The predicted octanol–water partition coefficient (Wildman–Crippen LogP) is -0.311. The van der Waals surface area contributed by atoms with Crippen LogP contribution in [0.1, 0.15) is 26.7 Å². The van der Waals surface area contributed by atoms with Crippen molar-refractivity contribution in [2.24, 2.45) is 0 Å². The summed E-state index contributed by atoms with van der Waals surface area (Å²) in [7, 11) is 0. The molecule has 0 aromatic carbocycles. The molecule has 0 aromatic heterocycles. The molecule has 0 aromatic rings. The van der Waals surface area contributed by atoms with Crippen LogP contribution >= 0.6 is 0 Å². The van der Waals surface area contributed by atoms with Crippen molar-refractivity contribution in [1.82, 2.24) is 16.0 Å². The third-order valence-corrected chi connectivity index (χ3v) is 3.21. The van der Waals surface area contributed by atoms with E-state index in [-0.39, 0.29) is 11.8 Å². The Kier molecular flexibility index (Phi) is 3.47. The molecule has 1 saturated carbocycles. The molecule has 2 rings (SSSR count). The Morgan fingerprint density at radius 2 is 2.00 bits per heavy atom. The zero-order valence-electron chi connectivity index (χ0n) is 10.3. The van der Waals surface area contributed by atoms with E-state index in [1.165, 1.54) is 0 Å². The van der Waals surface area contributed by atoms with Gasteiger partial charge in [-0.2, -0.15) is 0 Å². The monoisotopic (exact) mass is 237 g/mol. The lowest BCUT2D eigenvalue weighted by atomic mass is 10.0. The van der Waals surface area contributed by atoms with Crippen molar-refractivity contribution >= 4 is 11.8 Å². The van der Waals surface area contributed by atoms with Crippen molar-refractivity contribution in [2.45, 2.75) is 38.8 Å². The maximum Gasteiger partial charge on any atom is 0.247 e. The topological polar surface area (TPSA) is 70.2 Å². The molecule has 2 fully saturated rings. The summed E-state index contributed by atoms with van der Waals surface area (Å²) in [5.41, 5.74) is 1.85. The van der Waals surface area contributed by atoms with Gasteiger partial charge in [0.1, 0.15) is 6.04 Å². The van der Waals surface area contributed by atoms with E-state index in [1.54, 1.807) is 13.8 Å². The Morgan fingerprint density at radius 1 is 1.35 bits per heavy atom. The van der Waals surface area contributed by atoms with E-state index in [0.717, 1.165) is 37.1 Å². The van der Waals surface area contributed by atoms with Crippen LogP contribution in [0.5, 0.6) is 0 Å². The Morgan fingerprint density at radius 3 is 2.47 bits per heavy atom. The summed E-state index contributed by atoms with van der Waals surface area (Å²) in [4.78, 5) is 23.5. The van der Waals surface area contributed by atoms with Gasteiger partial charge < -0.3 is 16.0 Å². The molecule has 5 nitrogen and oxygen atoms in total. The van der Waals surface area contributed by atoms with Crippen molar-refractivity contribution < 1.29 is 9.59 Å². The number of carbonyl (C=O) groups excluding carboxylic acids is 2. The van der Waals surface area contributed by atoms with Gasteiger partial charge in [0.2, 0.25) is 11.8 Å². The van der Waals surface area contributed by atoms with E-state index < -0.39 is 6.04 Å². The van der Waals surface area contributed by atoms with Gasteiger partial charge in [0, 0.05) is 24.7 Å². The van der Waals surface area contributed by atoms with E-state index in [2.05, 4.69) is 16.0 Å². The molecule has 1 unspecified atom stereocenters. The molecule has 2 aliphatic rings. The summed E-state index contributed by atoms with van der Waals surface area (Å²) in [5.74, 6) is -0.231. The second-order valence-corrected chi connectivity index (χ2v) is 4.81. The van der Waals surface area contributed by atoms with Crippen molar-refractivity contribution in [3.63, 3.8) is 0 Å². The van der Waals surface area contributed by atoms with Crippen molar-refractivity contribution in [2.75, 3.05) is 13.1 Å². The summed E-state index contributed by atoms with van der Waals surface area (Å²) < 4.78 is 0. The molecule has 2 amide bonds. The smallest absolute Gasteiger partial charge is 0.247 e. The quantitative estimate of drug-likeness (QED) is 0.587. The van der Waals surface area contributed by atoms with Gasteiger partial charge in [0.15, 0.2) is 0 Å². The van der Waals surface area contributed by atoms with Crippen LogP contribution in [0.25, 0.3) is 0 Å². The third-order valence-electron chi connectivity index (χ3n) is 3.21. The number of rotatable bonds is 4. The first-order valence-electron chi connectivity index (χ1n) is 6.08. The van der Waals surface area contributed by atoms with Crippen LogP contribution in [-0.2, 0) is 9.59 Å². The molecule has 3 N–H and O–H groups in total. The van der Waals surface area contributed by atoms with Crippen LogP contribution in [0, 0.1) is 0 Å². The van der Waals surface area contributed by atoms with Gasteiger partial charge in [-0.05, 0) is 32.3 Å². The molecule has 1 heterocycles. The van der Waals surface area contributed by atoms with E-state index in [4.69, 9.17) is 0 Å². The second kappa shape index (κ2) is 4.87. The van der Waals surface area contributed by atoms with Gasteiger partial charge in [-0.1, -0.05) is 0 Å². The molecule has 0 spiro atoms. The Hall–Kier alpha value is -1.36. The number of hydrogen-bond donors (Lipinski definition) is 3. The molecule has 5 heteroatoms. The summed E-state index contributed by atoms with van der Waals surface area (Å²) >= 11 is 0. The third kappa shape index (κ3) is 3.06. The molecule has 1 saturated heterocycles. The molecule has 1 aliphatic heterocycles. The van der Waals surface area contributed by atoms with Crippen molar-refractivity contribution in [1.29, 1.82) is 0 Å². The summed E-state index contributed by atoms with van der Waals surface area (Å²) in [5, 5.41) is 8.69. The Bertz CT molecular complexity index is 366. The summed E-state index contributed by atoms with van der Waals surface area (Å²) in [6, 6.07) is -0.135. The zero-order valence-corrected chi connectivity index (χ0v) is 10.3. The van der Waals surface area contributed by atoms with Crippen LogP contribution in [0.3, 0.4) is 0 Å². The largest absolute Gasteiger partial charge is 0.352 e. The van der Waals surface area contributed by atoms with E-state index >= 15 is 0 Å². The van der Waals surface area contributed by atoms with Crippen molar-refractivity contribution in [3.8, 4) is 0 Å². The predicted molar refractivity (Wildman–Crippen MR) is 64.3 cm³/mol. The minimum absolute atomic E-state index is 0.0922. The molecule has 94 valence electrons. The second-order valence-electron chi connectivity index (χ2n) is 4.81. The fraction of sp³-hybridized carbons (Fsp3) is 0.667. The molecule has 0 bridgehead atoms. The lowest BCUT2D eigenvalue weighted by Crippen LogP contribution is -2.46. The fourth-order valence-corrected chi connectivity index (χ4v) is 1.60. The molecule has 1 aliphatic carbocycles. The van der Waals surface area contributed by atoms with Gasteiger partial charge in [-0.15, -0.1) is 0 Å². The normalized spacial score (nSPS) is 20.2. The molecule has 0 radical (unpaired) electrons. The van der Waals surface area contributed by atoms with Crippen LogP contribution in [-0.4, -0.2) is 37.0 Å². The number of carbonyl (C=O) groups is 2. The lowest BCUT2D eigenvalue weighted by molar-refractivity contribution is -0.127. The van der Waals surface area contributed by atoms with Crippen LogP contribution < -0.4 is 16.0 Å². The number of amides is 2. The number of nitrogens with one attached hydrogen (secondary N) is 3. The number of hydrogen-bond acceptors (Lipinski definition) is 3. The minimum atomic E-state index is -0.466. The van der Waals surface area contributed by atoms with E-state index in [9.17, 15) is 9.59 Å². The van der Waals surface area contributed by atoms with Gasteiger partial charge in [-0.3, -0.25) is 9.59 Å². The highest BCUT2D eigenvalue weighted by Crippen LogP contribution is 2.18. The fourth-order valence-electron chi connectivity index (χ4n) is 1.60. The minimum Gasteiger partial charge on any atom is -0.352 e. The average molecular weight is 237 g/mol. The average Bonchev–Trinajstić information content (AvgIpc) is 2.98. The van der Waals surface area contributed by atoms with Gasteiger partial charge >= 0.3 is 0 Å².